The van der Waals surface area contributed by atoms with Crippen molar-refractivity contribution >= 4 is 35.2 Å². The number of ether oxygens (including phenoxy) is 2. The highest BCUT2D eigenvalue weighted by molar-refractivity contribution is 7.09. The maximum atomic E-state index is 14.7. The zero-order chi connectivity index (χ0) is 36.2. The van der Waals surface area contributed by atoms with Gasteiger partial charge in [0.2, 0.25) is 11.8 Å². The number of aliphatic hydroxyl groups excluding tert-OH is 1. The minimum atomic E-state index is -1.00. The van der Waals surface area contributed by atoms with Gasteiger partial charge in [-0.05, 0) is 64.7 Å². The van der Waals surface area contributed by atoms with Crippen LogP contribution in [0.1, 0.15) is 142 Å². The molecule has 1 saturated heterocycles. The molecular formula is C36H62N4O7S. The van der Waals surface area contributed by atoms with E-state index in [1.165, 1.54) is 16.2 Å². The Kier molecular flexibility index (Phi) is 16.8. The molecule has 0 radical (unpaired) electrons. The third-order valence-corrected chi connectivity index (χ3v) is 9.98. The first-order chi connectivity index (χ1) is 22.5. The quantitative estimate of drug-likeness (QED) is 0.135. The van der Waals surface area contributed by atoms with Gasteiger partial charge >= 0.3 is 12.1 Å². The number of piperidine rings is 1. The highest BCUT2D eigenvalue weighted by Gasteiger charge is 2.41. The average Bonchev–Trinajstić information content (AvgIpc) is 3.52. The van der Waals surface area contributed by atoms with Gasteiger partial charge in [0.05, 0.1) is 6.61 Å². The number of amides is 3. The molecule has 1 aromatic rings. The molecule has 1 aliphatic rings. The Hall–Kier alpha value is -2.73. The SMILES string of the molecule is CCCCCCN(C(=O)[C@@H](NC(=O)[C@H]1C[C@H](C)CCN1C(=O)OC(C)(C)C)[C@@H](C)CC)[C@H](C[C@@H](O)c1nc(C(=O)OCC)cs1)C(C)C. The van der Waals surface area contributed by atoms with Crippen LogP contribution in [-0.4, -0.2) is 87.2 Å². The van der Waals surface area contributed by atoms with Gasteiger partial charge in [-0.3, -0.25) is 14.5 Å². The Bertz CT molecular complexity index is 1180. The number of esters is 1. The fraction of sp³-hybridized carbons (Fsp3) is 0.806. The Morgan fingerprint density at radius 3 is 2.40 bits per heavy atom. The second kappa shape index (κ2) is 19.5. The molecule has 0 aliphatic carbocycles. The van der Waals surface area contributed by atoms with Crippen molar-refractivity contribution in [2.75, 3.05) is 19.7 Å². The lowest BCUT2D eigenvalue weighted by Gasteiger charge is -2.41. The zero-order valence-electron chi connectivity index (χ0n) is 31.0. The predicted octanol–water partition coefficient (Wildman–Crippen LogP) is 6.74. The summed E-state index contributed by atoms with van der Waals surface area (Å²) in [5.74, 6) is -1.06. The zero-order valence-corrected chi connectivity index (χ0v) is 31.9. The van der Waals surface area contributed by atoms with Gasteiger partial charge < -0.3 is 24.8 Å². The number of aromatic nitrogens is 1. The maximum absolute atomic E-state index is 14.7. The number of nitrogens with zero attached hydrogens (tertiary/aromatic N) is 3. The summed E-state index contributed by atoms with van der Waals surface area (Å²) in [6.45, 7) is 20.4. The highest BCUT2D eigenvalue weighted by Crippen LogP contribution is 2.30. The molecular weight excluding hydrogens is 632 g/mol. The van der Waals surface area contributed by atoms with Gasteiger partial charge in [-0.1, -0.05) is 67.2 Å². The summed E-state index contributed by atoms with van der Waals surface area (Å²) < 4.78 is 10.7. The third-order valence-electron chi connectivity index (χ3n) is 9.03. The van der Waals surface area contributed by atoms with Crippen LogP contribution in [0.25, 0.3) is 0 Å². The molecule has 0 bridgehead atoms. The molecule has 0 unspecified atom stereocenters. The molecule has 1 aliphatic heterocycles. The standard InChI is InChI=1S/C36H62N4O7S/c1-11-14-15-16-18-39(27(23(4)5)21-29(41)32-37-26(22-48-32)34(44)46-13-3)33(43)30(25(7)12-2)38-31(42)28-20-24(6)17-19-40(28)35(45)47-36(8,9)10/h22-25,27-30,41H,11-21H2,1-10H3,(H,38,42)/t24-,25+,27-,28-,29-,30+/m1/s1. The van der Waals surface area contributed by atoms with E-state index in [1.807, 2.05) is 32.6 Å². The van der Waals surface area contributed by atoms with Crippen LogP contribution >= 0.6 is 11.3 Å². The largest absolute Gasteiger partial charge is 0.461 e. The fourth-order valence-electron chi connectivity index (χ4n) is 6.02. The van der Waals surface area contributed by atoms with Gasteiger partial charge in [0, 0.05) is 30.9 Å². The number of thiazole rings is 1. The summed E-state index contributed by atoms with van der Waals surface area (Å²) >= 11 is 1.19. The van der Waals surface area contributed by atoms with E-state index in [1.54, 1.807) is 33.1 Å². The van der Waals surface area contributed by atoms with E-state index < -0.39 is 35.9 Å². The number of hydrogen-bond acceptors (Lipinski definition) is 9. The molecule has 2 heterocycles. The maximum Gasteiger partial charge on any atom is 0.410 e. The number of nitrogens with one attached hydrogen (secondary N) is 1. The molecule has 1 fully saturated rings. The second-order valence-electron chi connectivity index (χ2n) is 14.6. The monoisotopic (exact) mass is 694 g/mol. The minimum absolute atomic E-state index is 0.0191. The van der Waals surface area contributed by atoms with E-state index in [9.17, 15) is 24.3 Å². The molecule has 274 valence electrons. The van der Waals surface area contributed by atoms with Gasteiger partial charge in [-0.25, -0.2) is 14.6 Å². The first kappa shape index (κ1) is 41.4. The Balaban J connectivity index is 2.40. The Morgan fingerprint density at radius 2 is 1.81 bits per heavy atom. The molecule has 0 saturated carbocycles. The van der Waals surface area contributed by atoms with E-state index in [0.717, 1.165) is 32.1 Å². The van der Waals surface area contributed by atoms with Crippen molar-refractivity contribution < 1.29 is 33.8 Å². The number of unbranched alkanes of at least 4 members (excludes halogenated alkanes) is 3. The number of aliphatic hydroxyl groups is 1. The molecule has 3 amide bonds. The summed E-state index contributed by atoms with van der Waals surface area (Å²) in [7, 11) is 0. The molecule has 0 spiro atoms. The normalized spacial score (nSPS) is 19.3. The van der Waals surface area contributed by atoms with Gasteiger partial charge in [-0.2, -0.15) is 0 Å². The second-order valence-corrected chi connectivity index (χ2v) is 15.5. The molecule has 48 heavy (non-hydrogen) atoms. The summed E-state index contributed by atoms with van der Waals surface area (Å²) in [6.07, 6.45) is 4.43. The van der Waals surface area contributed by atoms with Crippen LogP contribution < -0.4 is 5.32 Å². The van der Waals surface area contributed by atoms with Crippen molar-refractivity contribution in [1.29, 1.82) is 0 Å². The summed E-state index contributed by atoms with van der Waals surface area (Å²) in [5, 5.41) is 16.4. The van der Waals surface area contributed by atoms with E-state index in [2.05, 4.69) is 24.1 Å². The average molecular weight is 695 g/mol. The van der Waals surface area contributed by atoms with E-state index >= 15 is 0 Å². The van der Waals surface area contributed by atoms with Crippen molar-refractivity contribution in [1.82, 2.24) is 20.1 Å². The minimum Gasteiger partial charge on any atom is -0.461 e. The summed E-state index contributed by atoms with van der Waals surface area (Å²) in [5.41, 5.74) is -0.550. The molecule has 6 atom stereocenters. The van der Waals surface area contributed by atoms with Gasteiger partial charge in [0.25, 0.3) is 0 Å². The number of rotatable bonds is 17. The van der Waals surface area contributed by atoms with Crippen LogP contribution in [0.15, 0.2) is 5.38 Å². The first-order valence-electron chi connectivity index (χ1n) is 17.9. The van der Waals surface area contributed by atoms with Crippen molar-refractivity contribution in [3.8, 4) is 0 Å². The highest BCUT2D eigenvalue weighted by atomic mass is 32.1. The Labute approximate surface area is 292 Å². The van der Waals surface area contributed by atoms with Crippen LogP contribution in [0.3, 0.4) is 0 Å². The van der Waals surface area contributed by atoms with Crippen LogP contribution in [0, 0.1) is 17.8 Å². The summed E-state index contributed by atoms with van der Waals surface area (Å²) in [6, 6.07) is -1.93. The van der Waals surface area contributed by atoms with Crippen molar-refractivity contribution in [2.24, 2.45) is 17.8 Å². The van der Waals surface area contributed by atoms with Crippen molar-refractivity contribution in [2.45, 2.75) is 150 Å². The molecule has 11 nitrogen and oxygen atoms in total. The van der Waals surface area contributed by atoms with Gasteiger partial charge in [0.1, 0.15) is 28.8 Å². The van der Waals surface area contributed by atoms with E-state index in [4.69, 9.17) is 9.47 Å². The molecule has 2 rings (SSSR count). The van der Waals surface area contributed by atoms with Crippen LogP contribution in [0.4, 0.5) is 4.79 Å². The predicted molar refractivity (Wildman–Crippen MR) is 189 cm³/mol. The lowest BCUT2D eigenvalue weighted by atomic mass is 9.90. The Morgan fingerprint density at radius 1 is 1.12 bits per heavy atom. The number of likely N-dealkylation sites (tertiary alicyclic amines) is 1. The van der Waals surface area contributed by atoms with Crippen LogP contribution in [0.5, 0.6) is 0 Å². The van der Waals surface area contributed by atoms with Crippen molar-refractivity contribution in [3.05, 3.63) is 16.1 Å². The van der Waals surface area contributed by atoms with Crippen LogP contribution in [-0.2, 0) is 19.1 Å². The number of carbonyl (C=O) groups excluding carboxylic acids is 4. The topological polar surface area (TPSA) is 138 Å². The van der Waals surface area contributed by atoms with Gasteiger partial charge in [0.15, 0.2) is 5.69 Å². The lowest BCUT2D eigenvalue weighted by Crippen LogP contribution is -2.60. The third kappa shape index (κ3) is 12.3. The van der Waals surface area contributed by atoms with Gasteiger partial charge in [-0.15, -0.1) is 11.3 Å². The number of hydrogen-bond donors (Lipinski definition) is 2. The molecule has 2 N–H and O–H groups in total. The smallest absolute Gasteiger partial charge is 0.410 e. The lowest BCUT2D eigenvalue weighted by molar-refractivity contribution is -0.143. The van der Waals surface area contributed by atoms with E-state index in [0.29, 0.717) is 30.9 Å². The van der Waals surface area contributed by atoms with E-state index in [-0.39, 0.29) is 54.3 Å². The fourth-order valence-corrected chi connectivity index (χ4v) is 6.80. The van der Waals surface area contributed by atoms with Crippen molar-refractivity contribution in [3.63, 3.8) is 0 Å². The van der Waals surface area contributed by atoms with Crippen LogP contribution in [0.2, 0.25) is 0 Å². The number of carbonyl (C=O) groups is 4. The molecule has 0 aromatic carbocycles. The summed E-state index contributed by atoms with van der Waals surface area (Å²) in [4.78, 5) is 61.8. The molecule has 12 heteroatoms. The first-order valence-corrected chi connectivity index (χ1v) is 18.8. The molecule has 1 aromatic heterocycles.